The quantitative estimate of drug-likeness (QED) is 0.115. The molecule has 456 valence electrons. The molecular formula is C91H63ClFN3. The normalized spacial score (nSPS) is 12.1. The Hall–Kier alpha value is -11.7. The molecule has 0 N–H and O–H groups in total. The molecule has 0 bridgehead atoms. The van der Waals surface area contributed by atoms with E-state index in [1.165, 1.54) is 34.4 Å². The Bertz CT molecular complexity index is 5260. The van der Waals surface area contributed by atoms with E-state index >= 15 is 0 Å². The predicted molar refractivity (Wildman–Crippen MR) is 398 cm³/mol. The fraction of sp³-hybridized carbons (Fsp3) is 0.0440. The van der Waals surface area contributed by atoms with Crippen molar-refractivity contribution in [2.75, 3.05) is 0 Å². The van der Waals surface area contributed by atoms with Gasteiger partial charge in [-0.05, 0) is 238 Å². The summed E-state index contributed by atoms with van der Waals surface area (Å²) in [6.07, 6.45) is 5.64. The van der Waals surface area contributed by atoms with Crippen LogP contribution in [-0.4, -0.2) is 15.0 Å². The molecule has 15 aromatic rings. The SMILES string of the molecule is Cc1cc(-c2ccc(-c3ccccc3-c3cc(-c4ccccc4-c4ccc(-c5ccccn5)cc4-c4ccccc4)cc(-c4ccccc4-c4ccc(-c5ccccn5)cc4-c4ccccc4)c3)c(-c3ccc4c(c3)C(C)(C)c3cc(Cl)ccc3-4)c2)ncc1-c1ccc(F)cc1. The summed E-state index contributed by atoms with van der Waals surface area (Å²) in [5.74, 6) is -0.268. The molecule has 3 nitrogen and oxygen atoms in total. The van der Waals surface area contributed by atoms with Crippen molar-refractivity contribution in [2.24, 2.45) is 0 Å². The third kappa shape index (κ3) is 11.1. The molecule has 3 heterocycles. The van der Waals surface area contributed by atoms with Gasteiger partial charge in [-0.25, -0.2) is 4.39 Å². The van der Waals surface area contributed by atoms with Gasteiger partial charge in [0.2, 0.25) is 0 Å². The molecule has 3 aromatic heterocycles. The summed E-state index contributed by atoms with van der Waals surface area (Å²) in [6, 6.07) is 110. The minimum absolute atomic E-state index is 0.268. The third-order valence-electron chi connectivity index (χ3n) is 19.2. The molecule has 96 heavy (non-hydrogen) atoms. The number of hydrogen-bond donors (Lipinski definition) is 0. The van der Waals surface area contributed by atoms with Crippen molar-refractivity contribution in [1.29, 1.82) is 0 Å². The number of aryl methyl sites for hydroxylation is 1. The van der Waals surface area contributed by atoms with E-state index in [0.717, 1.165) is 156 Å². The molecular weight excluding hydrogens is 1190 g/mol. The van der Waals surface area contributed by atoms with E-state index in [4.69, 9.17) is 26.6 Å². The lowest BCUT2D eigenvalue weighted by molar-refractivity contribution is 0.628. The Morgan fingerprint density at radius 1 is 0.260 bits per heavy atom. The standard InChI is InChI=1S/C91H63ClFN3/c1-58-48-90(96-57-85(58)61-32-39-70(93)40-33-61)65-37-43-79(84(54-65)62-34-44-80-81-45-38-69(92)56-87(81)91(2,3)86(80)55-62)76-29-15-12-26-73(76)68-50-66(71-24-10-13-27-74(71)77-41-35-63(88-30-16-18-46-94-88)52-82(77)59-20-6-4-7-21-59)49-67(51-68)72-25-11-14-28-75(72)78-42-36-64(89-31-17-19-47-95-89)53-83(78)60-22-8-5-9-23-60/h4-57H,1-3H3. The van der Waals surface area contributed by atoms with Crippen molar-refractivity contribution >= 4 is 11.6 Å². The van der Waals surface area contributed by atoms with Crippen LogP contribution < -0.4 is 0 Å². The van der Waals surface area contributed by atoms with Crippen molar-refractivity contribution in [3.05, 3.63) is 356 Å². The molecule has 0 saturated carbocycles. The van der Waals surface area contributed by atoms with Crippen molar-refractivity contribution in [3.63, 3.8) is 0 Å². The summed E-state index contributed by atoms with van der Waals surface area (Å²) in [4.78, 5) is 14.7. The van der Waals surface area contributed by atoms with Gasteiger partial charge in [-0.15, -0.1) is 0 Å². The number of hydrogen-bond acceptors (Lipinski definition) is 3. The lowest BCUT2D eigenvalue weighted by Crippen LogP contribution is -2.15. The second kappa shape index (κ2) is 25.0. The van der Waals surface area contributed by atoms with E-state index in [1.807, 2.05) is 61.1 Å². The summed E-state index contributed by atoms with van der Waals surface area (Å²) in [5.41, 5.74) is 33.1. The van der Waals surface area contributed by atoms with Crippen LogP contribution in [0.2, 0.25) is 5.02 Å². The summed E-state index contributed by atoms with van der Waals surface area (Å²) in [5, 5.41) is 0.730. The molecule has 0 radical (unpaired) electrons. The van der Waals surface area contributed by atoms with E-state index < -0.39 is 0 Å². The second-order valence-corrected chi connectivity index (χ2v) is 25.8. The highest BCUT2D eigenvalue weighted by Gasteiger charge is 2.36. The summed E-state index contributed by atoms with van der Waals surface area (Å²) in [6.45, 7) is 6.71. The Morgan fingerprint density at radius 2 is 0.625 bits per heavy atom. The van der Waals surface area contributed by atoms with Crippen LogP contribution in [0.15, 0.2) is 328 Å². The highest BCUT2D eigenvalue weighted by Crippen LogP contribution is 2.53. The first-order valence-electron chi connectivity index (χ1n) is 32.6. The first-order chi connectivity index (χ1) is 47.1. The molecule has 0 amide bonds. The highest BCUT2D eigenvalue weighted by atomic mass is 35.5. The molecule has 16 rings (SSSR count). The molecule has 0 atom stereocenters. The van der Waals surface area contributed by atoms with Crippen LogP contribution in [-0.2, 0) is 5.41 Å². The summed E-state index contributed by atoms with van der Waals surface area (Å²) < 4.78 is 14.2. The average Bonchev–Trinajstić information content (AvgIpc) is 1.59. The predicted octanol–water partition coefficient (Wildman–Crippen LogP) is 24.9. The number of halogens is 2. The number of benzene rings is 12. The van der Waals surface area contributed by atoms with Crippen molar-refractivity contribution in [2.45, 2.75) is 26.2 Å². The van der Waals surface area contributed by atoms with Crippen molar-refractivity contribution in [1.82, 2.24) is 15.0 Å². The maximum absolute atomic E-state index is 14.2. The van der Waals surface area contributed by atoms with Gasteiger partial charge in [0.25, 0.3) is 0 Å². The molecule has 0 saturated heterocycles. The molecule has 1 aliphatic rings. The highest BCUT2D eigenvalue weighted by molar-refractivity contribution is 6.30. The lowest BCUT2D eigenvalue weighted by Gasteiger charge is -2.23. The van der Waals surface area contributed by atoms with Gasteiger partial charge in [-0.2, -0.15) is 0 Å². The zero-order chi connectivity index (χ0) is 64.9. The second-order valence-electron chi connectivity index (χ2n) is 25.3. The van der Waals surface area contributed by atoms with Gasteiger partial charge in [0.1, 0.15) is 5.82 Å². The minimum atomic E-state index is -0.314. The molecule has 0 aliphatic heterocycles. The van der Waals surface area contributed by atoms with Crippen LogP contribution in [0.1, 0.15) is 30.5 Å². The number of pyridine rings is 3. The summed E-state index contributed by atoms with van der Waals surface area (Å²) in [7, 11) is 0. The molecule has 5 heteroatoms. The Balaban J connectivity index is 0.917. The fourth-order valence-electron chi connectivity index (χ4n) is 14.4. The number of fused-ring (bicyclic) bond motifs is 3. The number of rotatable bonds is 13. The van der Waals surface area contributed by atoms with Crippen LogP contribution >= 0.6 is 11.6 Å². The van der Waals surface area contributed by atoms with E-state index in [-0.39, 0.29) is 11.2 Å². The Labute approximate surface area is 565 Å². The number of nitrogens with zero attached hydrogens (tertiary/aromatic N) is 3. The zero-order valence-electron chi connectivity index (χ0n) is 53.3. The maximum Gasteiger partial charge on any atom is 0.123 e. The van der Waals surface area contributed by atoms with E-state index in [1.54, 1.807) is 0 Å². The molecule has 0 unspecified atom stereocenters. The van der Waals surface area contributed by atoms with Gasteiger partial charge < -0.3 is 0 Å². The van der Waals surface area contributed by atoms with Gasteiger partial charge in [0, 0.05) is 51.3 Å². The molecule has 1 aliphatic carbocycles. The van der Waals surface area contributed by atoms with E-state index in [9.17, 15) is 4.39 Å². The molecule has 0 spiro atoms. The van der Waals surface area contributed by atoms with Gasteiger partial charge in [0.15, 0.2) is 0 Å². The van der Waals surface area contributed by atoms with Crippen LogP contribution in [0.3, 0.4) is 0 Å². The fourth-order valence-corrected chi connectivity index (χ4v) is 14.5. The Morgan fingerprint density at radius 3 is 1.08 bits per heavy atom. The van der Waals surface area contributed by atoms with E-state index in [0.29, 0.717) is 0 Å². The molecule has 0 fully saturated rings. The third-order valence-corrected chi connectivity index (χ3v) is 19.4. The van der Waals surface area contributed by atoms with Crippen LogP contribution in [0.5, 0.6) is 0 Å². The van der Waals surface area contributed by atoms with Crippen LogP contribution in [0.25, 0.3) is 156 Å². The van der Waals surface area contributed by atoms with Gasteiger partial charge in [-0.1, -0.05) is 238 Å². The largest absolute Gasteiger partial charge is 0.256 e. The van der Waals surface area contributed by atoms with Crippen molar-refractivity contribution < 1.29 is 4.39 Å². The van der Waals surface area contributed by atoms with Crippen LogP contribution in [0, 0.1) is 12.7 Å². The van der Waals surface area contributed by atoms with E-state index in [2.05, 4.69) is 276 Å². The Kier molecular flexibility index (Phi) is 15.4. The average molecular weight is 1250 g/mol. The lowest BCUT2D eigenvalue weighted by atomic mass is 9.80. The number of aromatic nitrogens is 3. The van der Waals surface area contributed by atoms with Gasteiger partial charge in [0.05, 0.1) is 17.1 Å². The van der Waals surface area contributed by atoms with Crippen LogP contribution in [0.4, 0.5) is 4.39 Å². The maximum atomic E-state index is 14.2. The van der Waals surface area contributed by atoms with Crippen molar-refractivity contribution in [3.8, 4) is 156 Å². The zero-order valence-corrected chi connectivity index (χ0v) is 54.0. The first-order valence-corrected chi connectivity index (χ1v) is 32.9. The van der Waals surface area contributed by atoms with Gasteiger partial charge >= 0.3 is 0 Å². The molecule has 12 aromatic carbocycles. The summed E-state index contributed by atoms with van der Waals surface area (Å²) >= 11 is 6.76. The minimum Gasteiger partial charge on any atom is -0.256 e. The monoisotopic (exact) mass is 1250 g/mol. The topological polar surface area (TPSA) is 38.7 Å². The first kappa shape index (κ1) is 59.3. The smallest absolute Gasteiger partial charge is 0.123 e. The van der Waals surface area contributed by atoms with Gasteiger partial charge in [-0.3, -0.25) is 15.0 Å².